The number of benzene rings is 2. The van der Waals surface area contributed by atoms with Crippen LogP contribution in [-0.2, 0) is 16.1 Å². The first kappa shape index (κ1) is 19.8. The molecule has 7 heteroatoms. The van der Waals surface area contributed by atoms with Crippen molar-refractivity contribution in [2.24, 2.45) is 0 Å². The van der Waals surface area contributed by atoms with Crippen molar-refractivity contribution in [2.45, 2.75) is 11.2 Å². The maximum atomic E-state index is 12.0. The second-order valence-electron chi connectivity index (χ2n) is 5.77. The van der Waals surface area contributed by atoms with Crippen molar-refractivity contribution in [1.29, 1.82) is 0 Å². The Bertz CT molecular complexity index is 757. The highest BCUT2D eigenvalue weighted by Gasteiger charge is 2.18. The van der Waals surface area contributed by atoms with E-state index in [0.29, 0.717) is 21.8 Å². The van der Waals surface area contributed by atoms with Crippen LogP contribution in [0, 0.1) is 0 Å². The number of ether oxygens (including phenoxy) is 4. The maximum absolute atomic E-state index is 12.0. The Morgan fingerprint density at radius 2 is 1.70 bits per heavy atom. The third kappa shape index (κ3) is 5.49. The monoisotopic (exact) mass is 406 g/mol. The van der Waals surface area contributed by atoms with Gasteiger partial charge in [-0.25, -0.2) is 4.79 Å². The molecule has 0 radical (unpaired) electrons. The molecule has 5 nitrogen and oxygen atoms in total. The Balaban J connectivity index is 1.48. The molecule has 144 valence electrons. The summed E-state index contributed by atoms with van der Waals surface area (Å²) in [7, 11) is 3.16. The number of esters is 1. The van der Waals surface area contributed by atoms with Gasteiger partial charge in [0, 0.05) is 17.1 Å². The van der Waals surface area contributed by atoms with Crippen LogP contribution in [-0.4, -0.2) is 38.3 Å². The molecule has 1 aliphatic heterocycles. The molecule has 2 aromatic rings. The van der Waals surface area contributed by atoms with Gasteiger partial charge in [-0.15, -0.1) is 23.5 Å². The zero-order valence-electron chi connectivity index (χ0n) is 15.3. The highest BCUT2D eigenvalue weighted by Crippen LogP contribution is 2.45. The van der Waals surface area contributed by atoms with Crippen LogP contribution < -0.4 is 14.2 Å². The van der Waals surface area contributed by atoms with Crippen molar-refractivity contribution in [3.05, 3.63) is 53.6 Å². The van der Waals surface area contributed by atoms with E-state index < -0.39 is 5.97 Å². The summed E-state index contributed by atoms with van der Waals surface area (Å²) >= 11 is 3.92. The van der Waals surface area contributed by atoms with Gasteiger partial charge in [0.15, 0.2) is 6.61 Å². The van der Waals surface area contributed by atoms with E-state index in [1.165, 1.54) is 17.1 Å². The minimum Gasteiger partial charge on any atom is -0.497 e. The van der Waals surface area contributed by atoms with Crippen molar-refractivity contribution < 1.29 is 23.7 Å². The molecule has 27 heavy (non-hydrogen) atoms. The van der Waals surface area contributed by atoms with Crippen molar-refractivity contribution in [3.63, 3.8) is 0 Å². The lowest BCUT2D eigenvalue weighted by Gasteiger charge is -2.12. The molecule has 1 saturated heterocycles. The van der Waals surface area contributed by atoms with E-state index in [1.807, 2.05) is 35.7 Å². The molecule has 0 aliphatic carbocycles. The summed E-state index contributed by atoms with van der Waals surface area (Å²) in [6, 6.07) is 13.3. The highest BCUT2D eigenvalue weighted by molar-refractivity contribution is 8.19. The Hall–Kier alpha value is -1.99. The fourth-order valence-electron chi connectivity index (χ4n) is 2.61. The minimum atomic E-state index is -0.439. The second kappa shape index (κ2) is 9.80. The third-order valence-corrected chi connectivity index (χ3v) is 7.11. The first-order valence-corrected chi connectivity index (χ1v) is 10.6. The van der Waals surface area contributed by atoms with Crippen molar-refractivity contribution in [1.82, 2.24) is 0 Å². The SMILES string of the molecule is COc1ccc(OC)c(COC(=O)COc2ccc(C3SCCS3)cc2)c1. The number of hydrogen-bond acceptors (Lipinski definition) is 7. The number of carbonyl (C=O) groups excluding carboxylic acids is 1. The van der Waals surface area contributed by atoms with E-state index in [4.69, 9.17) is 18.9 Å². The summed E-state index contributed by atoms with van der Waals surface area (Å²) < 4.78 is 21.8. The lowest BCUT2D eigenvalue weighted by molar-refractivity contribution is -0.147. The number of hydrogen-bond donors (Lipinski definition) is 0. The molecule has 0 spiro atoms. The van der Waals surface area contributed by atoms with Gasteiger partial charge in [0.25, 0.3) is 0 Å². The molecule has 0 bridgehead atoms. The summed E-state index contributed by atoms with van der Waals surface area (Å²) in [5.41, 5.74) is 2.02. The summed E-state index contributed by atoms with van der Waals surface area (Å²) in [5, 5.41) is 0. The Morgan fingerprint density at radius 1 is 1.00 bits per heavy atom. The van der Waals surface area contributed by atoms with Crippen molar-refractivity contribution in [3.8, 4) is 17.2 Å². The fourth-order valence-corrected chi connectivity index (χ4v) is 5.47. The van der Waals surface area contributed by atoms with Gasteiger partial charge in [-0.1, -0.05) is 12.1 Å². The number of thioether (sulfide) groups is 2. The molecule has 0 saturated carbocycles. The van der Waals surface area contributed by atoms with E-state index in [2.05, 4.69) is 12.1 Å². The van der Waals surface area contributed by atoms with Crippen LogP contribution >= 0.6 is 23.5 Å². The van der Waals surface area contributed by atoms with E-state index in [1.54, 1.807) is 32.4 Å². The molecule has 0 unspecified atom stereocenters. The molecule has 0 amide bonds. The topological polar surface area (TPSA) is 54.0 Å². The van der Waals surface area contributed by atoms with Crippen LogP contribution in [0.5, 0.6) is 17.2 Å². The van der Waals surface area contributed by atoms with Gasteiger partial charge in [0.2, 0.25) is 0 Å². The molecule has 1 heterocycles. The Kier molecular flexibility index (Phi) is 7.18. The van der Waals surface area contributed by atoms with Crippen LogP contribution in [0.3, 0.4) is 0 Å². The highest BCUT2D eigenvalue weighted by atomic mass is 32.2. The third-order valence-electron chi connectivity index (χ3n) is 4.01. The van der Waals surface area contributed by atoms with Crippen LogP contribution in [0.25, 0.3) is 0 Å². The first-order chi connectivity index (χ1) is 13.2. The van der Waals surface area contributed by atoms with Gasteiger partial charge in [-0.3, -0.25) is 0 Å². The van der Waals surface area contributed by atoms with E-state index in [9.17, 15) is 4.79 Å². The molecule has 0 atom stereocenters. The lowest BCUT2D eigenvalue weighted by Crippen LogP contribution is -2.15. The number of carbonyl (C=O) groups is 1. The van der Waals surface area contributed by atoms with Gasteiger partial charge in [0.05, 0.1) is 18.8 Å². The summed E-state index contributed by atoms with van der Waals surface area (Å²) in [6.07, 6.45) is 0. The molecule has 3 rings (SSSR count). The zero-order chi connectivity index (χ0) is 19.1. The summed E-state index contributed by atoms with van der Waals surface area (Å²) in [4.78, 5) is 12.0. The quantitative estimate of drug-likeness (QED) is 0.606. The maximum Gasteiger partial charge on any atom is 0.344 e. The van der Waals surface area contributed by atoms with Gasteiger partial charge < -0.3 is 18.9 Å². The predicted octanol–water partition coefficient (Wildman–Crippen LogP) is 4.30. The Morgan fingerprint density at radius 3 is 2.37 bits per heavy atom. The standard InChI is InChI=1S/C20H22O5S2/c1-22-17-7-8-18(23-2)15(11-17)12-25-19(21)13-24-16-5-3-14(4-6-16)20-26-9-10-27-20/h3-8,11,20H,9-10,12-13H2,1-2H3. The molecule has 0 N–H and O–H groups in total. The fraction of sp³-hybridized carbons (Fsp3) is 0.350. The normalized spacial score (nSPS) is 14.0. The van der Waals surface area contributed by atoms with E-state index in [0.717, 1.165) is 5.56 Å². The van der Waals surface area contributed by atoms with Gasteiger partial charge in [-0.2, -0.15) is 0 Å². The molecular weight excluding hydrogens is 384 g/mol. The van der Waals surface area contributed by atoms with E-state index >= 15 is 0 Å². The van der Waals surface area contributed by atoms with E-state index in [-0.39, 0.29) is 13.2 Å². The van der Waals surface area contributed by atoms with Crippen LogP contribution in [0.4, 0.5) is 0 Å². The summed E-state index contributed by atoms with van der Waals surface area (Å²) in [6.45, 7) is -0.0454. The van der Waals surface area contributed by atoms with Crippen LogP contribution in [0.15, 0.2) is 42.5 Å². The second-order valence-corrected chi connectivity index (χ2v) is 8.49. The molecular formula is C20H22O5S2. The number of rotatable bonds is 8. The first-order valence-electron chi connectivity index (χ1n) is 8.52. The Labute approximate surface area is 167 Å². The average Bonchev–Trinajstić information content (AvgIpc) is 3.25. The zero-order valence-corrected chi connectivity index (χ0v) is 16.9. The van der Waals surface area contributed by atoms with Crippen LogP contribution in [0.1, 0.15) is 15.7 Å². The molecule has 2 aromatic carbocycles. The van der Waals surface area contributed by atoms with Crippen LogP contribution in [0.2, 0.25) is 0 Å². The minimum absolute atomic E-state index is 0.0949. The molecule has 0 aromatic heterocycles. The predicted molar refractivity (Wildman–Crippen MR) is 109 cm³/mol. The van der Waals surface area contributed by atoms with Gasteiger partial charge >= 0.3 is 5.97 Å². The molecule has 1 fully saturated rings. The average molecular weight is 407 g/mol. The van der Waals surface area contributed by atoms with Crippen molar-refractivity contribution in [2.75, 3.05) is 32.3 Å². The van der Waals surface area contributed by atoms with Crippen molar-refractivity contribution >= 4 is 29.5 Å². The lowest BCUT2D eigenvalue weighted by atomic mass is 10.2. The summed E-state index contributed by atoms with van der Waals surface area (Å²) in [5.74, 6) is 3.92. The smallest absolute Gasteiger partial charge is 0.344 e. The number of methoxy groups -OCH3 is 2. The van der Waals surface area contributed by atoms with Gasteiger partial charge in [-0.05, 0) is 35.9 Å². The largest absolute Gasteiger partial charge is 0.497 e. The molecule has 1 aliphatic rings. The van der Waals surface area contributed by atoms with Gasteiger partial charge in [0.1, 0.15) is 23.9 Å².